The first-order valence-electron chi connectivity index (χ1n) is 8.50. The number of rotatable bonds is 2. The molecule has 1 aliphatic heterocycles. The van der Waals surface area contributed by atoms with E-state index in [1.165, 1.54) is 12.1 Å². The lowest BCUT2D eigenvalue weighted by Crippen LogP contribution is -2.26. The van der Waals surface area contributed by atoms with Crippen LogP contribution in [-0.2, 0) is 12.8 Å². The molecule has 24 heavy (non-hydrogen) atoms. The fourth-order valence-corrected chi connectivity index (χ4v) is 3.06. The highest BCUT2D eigenvalue weighted by atomic mass is 19.1. The Morgan fingerprint density at radius 1 is 0.792 bits per heavy atom. The first kappa shape index (κ1) is 16.7. The van der Waals surface area contributed by atoms with Crippen molar-refractivity contribution in [1.29, 1.82) is 0 Å². The van der Waals surface area contributed by atoms with E-state index in [0.29, 0.717) is 37.2 Å². The van der Waals surface area contributed by atoms with Crippen LogP contribution in [-0.4, -0.2) is 12.2 Å². The number of halogens is 2. The predicted octanol–water partition coefficient (Wildman–Crippen LogP) is 5.08. The van der Waals surface area contributed by atoms with Gasteiger partial charge in [-0.3, -0.25) is 0 Å². The van der Waals surface area contributed by atoms with E-state index in [9.17, 15) is 8.78 Å². The summed E-state index contributed by atoms with van der Waals surface area (Å²) < 4.78 is 40.6. The molecule has 0 radical (unpaired) electrons. The second-order valence-corrected chi connectivity index (χ2v) is 6.16. The molecule has 2 nitrogen and oxygen atoms in total. The molecule has 2 aromatic carbocycles. The van der Waals surface area contributed by atoms with Crippen LogP contribution >= 0.6 is 0 Å². The Labute approximate surface area is 141 Å². The summed E-state index contributed by atoms with van der Waals surface area (Å²) in [7, 11) is 0. The summed E-state index contributed by atoms with van der Waals surface area (Å²) in [6.07, 6.45) is 1.88. The Kier molecular flexibility index (Phi) is 5.03. The van der Waals surface area contributed by atoms with E-state index in [1.807, 2.05) is 26.0 Å². The van der Waals surface area contributed by atoms with Gasteiger partial charge in [0, 0.05) is 24.0 Å². The summed E-state index contributed by atoms with van der Waals surface area (Å²) in [4.78, 5) is 0. The van der Waals surface area contributed by atoms with Crippen molar-refractivity contribution < 1.29 is 18.3 Å². The van der Waals surface area contributed by atoms with Gasteiger partial charge in [0.2, 0.25) is 0 Å². The topological polar surface area (TPSA) is 18.5 Å². The van der Waals surface area contributed by atoms with E-state index in [0.717, 1.165) is 11.1 Å². The largest absolute Gasteiger partial charge is 0.487 e. The van der Waals surface area contributed by atoms with Crippen LogP contribution in [0.2, 0.25) is 0 Å². The van der Waals surface area contributed by atoms with Crippen LogP contribution in [0.15, 0.2) is 36.4 Å². The van der Waals surface area contributed by atoms with E-state index >= 15 is 0 Å². The molecule has 128 valence electrons. The molecule has 0 spiro atoms. The van der Waals surface area contributed by atoms with E-state index in [4.69, 9.17) is 9.47 Å². The van der Waals surface area contributed by atoms with Crippen molar-refractivity contribution >= 4 is 0 Å². The molecule has 0 saturated heterocycles. The summed E-state index contributed by atoms with van der Waals surface area (Å²) in [6, 6.07) is 9.86. The minimum atomic E-state index is -0.360. The van der Waals surface area contributed by atoms with Crippen LogP contribution in [0, 0.1) is 11.6 Å². The molecule has 0 N–H and O–H groups in total. The number of ether oxygens (including phenoxy) is 2. The van der Waals surface area contributed by atoms with E-state index in [2.05, 4.69) is 0 Å². The molecule has 0 fully saturated rings. The van der Waals surface area contributed by atoms with Gasteiger partial charge in [-0.15, -0.1) is 0 Å². The summed E-state index contributed by atoms with van der Waals surface area (Å²) >= 11 is 0. The Balaban J connectivity index is 2.06. The Bertz CT molecular complexity index is 653. The van der Waals surface area contributed by atoms with Crippen molar-refractivity contribution in [2.75, 3.05) is 0 Å². The molecule has 0 amide bonds. The fourth-order valence-electron chi connectivity index (χ4n) is 3.06. The minimum absolute atomic E-state index is 0.233. The predicted molar refractivity (Wildman–Crippen MR) is 89.6 cm³/mol. The summed E-state index contributed by atoms with van der Waals surface area (Å²) in [5.74, 6) is -0.126. The third-order valence-electron chi connectivity index (χ3n) is 4.47. The number of fused-ring (bicyclic) bond motifs is 2. The molecule has 1 heterocycles. The zero-order valence-electron chi connectivity index (χ0n) is 14.0. The zero-order chi connectivity index (χ0) is 17.1. The average Bonchev–Trinajstić information content (AvgIpc) is 2.58. The lowest BCUT2D eigenvalue weighted by Gasteiger charge is -2.27. The monoisotopic (exact) mass is 332 g/mol. The molecular weight excluding hydrogens is 310 g/mol. The second-order valence-electron chi connectivity index (χ2n) is 6.16. The number of para-hydroxylation sites is 2. The number of benzene rings is 2. The van der Waals surface area contributed by atoms with Crippen molar-refractivity contribution in [3.05, 3.63) is 59.2 Å². The molecule has 3 rings (SSSR count). The standard InChI is InChI=1S/C20H22F2O2/c1-3-15-11-13-7-5-10-18(22)20(13)24-16(4-2)12-14-8-6-9-17(21)19(14)23-15/h5-10,15-16H,3-4,11-12H2,1-2H3. The summed E-state index contributed by atoms with van der Waals surface area (Å²) in [6.45, 7) is 3.96. The van der Waals surface area contributed by atoms with Crippen LogP contribution < -0.4 is 9.47 Å². The van der Waals surface area contributed by atoms with Crippen LogP contribution in [0.25, 0.3) is 0 Å². The normalized spacial score (nSPS) is 20.3. The highest BCUT2D eigenvalue weighted by Crippen LogP contribution is 2.33. The SMILES string of the molecule is CCC1Cc2cccc(F)c2OC(CC)Cc2cccc(F)c2O1. The van der Waals surface area contributed by atoms with Gasteiger partial charge in [-0.1, -0.05) is 38.1 Å². The molecule has 0 saturated carbocycles. The first-order chi connectivity index (χ1) is 11.6. The summed E-state index contributed by atoms with van der Waals surface area (Å²) in [5.41, 5.74) is 1.53. The Morgan fingerprint density at radius 3 is 1.58 bits per heavy atom. The molecule has 2 aromatic rings. The highest BCUT2D eigenvalue weighted by Gasteiger charge is 2.24. The molecule has 0 aliphatic carbocycles. The minimum Gasteiger partial charge on any atom is -0.487 e. The van der Waals surface area contributed by atoms with Crippen molar-refractivity contribution in [3.8, 4) is 11.5 Å². The maximum atomic E-state index is 14.3. The van der Waals surface area contributed by atoms with Gasteiger partial charge < -0.3 is 9.47 Å². The third kappa shape index (κ3) is 3.37. The van der Waals surface area contributed by atoms with Crippen molar-refractivity contribution in [2.24, 2.45) is 0 Å². The van der Waals surface area contributed by atoms with Crippen molar-refractivity contribution in [2.45, 2.75) is 51.7 Å². The van der Waals surface area contributed by atoms with E-state index in [-0.39, 0.29) is 23.8 Å². The van der Waals surface area contributed by atoms with Gasteiger partial charge in [0.05, 0.1) is 0 Å². The van der Waals surface area contributed by atoms with Crippen LogP contribution in [0.1, 0.15) is 37.8 Å². The number of hydrogen-bond donors (Lipinski definition) is 0. The van der Waals surface area contributed by atoms with E-state index in [1.54, 1.807) is 12.1 Å². The van der Waals surface area contributed by atoms with Gasteiger partial charge in [-0.25, -0.2) is 8.78 Å². The molecule has 0 bridgehead atoms. The molecule has 0 aromatic heterocycles. The Hall–Kier alpha value is -2.10. The second kappa shape index (κ2) is 7.20. The lowest BCUT2D eigenvalue weighted by atomic mass is 10.0. The first-order valence-corrected chi connectivity index (χ1v) is 8.50. The lowest BCUT2D eigenvalue weighted by molar-refractivity contribution is 0.157. The van der Waals surface area contributed by atoms with Crippen LogP contribution in [0.4, 0.5) is 8.78 Å². The maximum absolute atomic E-state index is 14.3. The fraction of sp³-hybridized carbons (Fsp3) is 0.400. The quantitative estimate of drug-likeness (QED) is 0.764. The van der Waals surface area contributed by atoms with Crippen molar-refractivity contribution in [3.63, 3.8) is 0 Å². The van der Waals surface area contributed by atoms with Gasteiger partial charge in [-0.2, -0.15) is 0 Å². The molecule has 4 heteroatoms. The highest BCUT2D eigenvalue weighted by molar-refractivity contribution is 5.39. The third-order valence-corrected chi connectivity index (χ3v) is 4.47. The van der Waals surface area contributed by atoms with Gasteiger partial charge in [0.25, 0.3) is 0 Å². The molecular formula is C20H22F2O2. The van der Waals surface area contributed by atoms with Gasteiger partial charge >= 0.3 is 0 Å². The maximum Gasteiger partial charge on any atom is 0.165 e. The average molecular weight is 332 g/mol. The zero-order valence-corrected chi connectivity index (χ0v) is 14.0. The number of hydrogen-bond acceptors (Lipinski definition) is 2. The molecule has 1 aliphatic rings. The van der Waals surface area contributed by atoms with Crippen molar-refractivity contribution in [1.82, 2.24) is 0 Å². The summed E-state index contributed by atoms with van der Waals surface area (Å²) in [5, 5.41) is 0. The van der Waals surface area contributed by atoms with Crippen LogP contribution in [0.3, 0.4) is 0 Å². The smallest absolute Gasteiger partial charge is 0.165 e. The molecule has 2 unspecified atom stereocenters. The Morgan fingerprint density at radius 2 is 1.21 bits per heavy atom. The van der Waals surface area contributed by atoms with Gasteiger partial charge in [-0.05, 0) is 25.0 Å². The van der Waals surface area contributed by atoms with E-state index < -0.39 is 0 Å². The molecule has 2 atom stereocenters. The van der Waals surface area contributed by atoms with Gasteiger partial charge in [0.15, 0.2) is 23.1 Å². The van der Waals surface area contributed by atoms with Crippen LogP contribution in [0.5, 0.6) is 11.5 Å². The van der Waals surface area contributed by atoms with Gasteiger partial charge in [0.1, 0.15) is 12.2 Å².